The van der Waals surface area contributed by atoms with Crippen LogP contribution in [0.4, 0.5) is 0 Å². The Morgan fingerprint density at radius 3 is 2.67 bits per heavy atom. The summed E-state index contributed by atoms with van der Waals surface area (Å²) in [6.45, 7) is 0.903. The van der Waals surface area contributed by atoms with Gasteiger partial charge in [-0.3, -0.25) is 0 Å². The molecule has 0 heterocycles. The van der Waals surface area contributed by atoms with Crippen molar-refractivity contribution in [2.45, 2.75) is 56.5 Å². The lowest BCUT2D eigenvalue weighted by Crippen LogP contribution is -2.48. The van der Waals surface area contributed by atoms with Crippen molar-refractivity contribution in [1.82, 2.24) is 10.0 Å². The van der Waals surface area contributed by atoms with E-state index in [4.69, 9.17) is 11.6 Å². The zero-order chi connectivity index (χ0) is 17.2. The highest BCUT2D eigenvalue weighted by Gasteiger charge is 2.32. The van der Waals surface area contributed by atoms with Gasteiger partial charge in [-0.1, -0.05) is 36.6 Å². The molecule has 2 unspecified atom stereocenters. The van der Waals surface area contributed by atoms with E-state index in [2.05, 4.69) is 22.2 Å². The number of benzene rings is 1. The summed E-state index contributed by atoms with van der Waals surface area (Å²) in [5, 5.41) is 4.46. The fourth-order valence-electron chi connectivity index (χ4n) is 4.02. The molecule has 2 aliphatic rings. The van der Waals surface area contributed by atoms with E-state index in [0.717, 1.165) is 43.7 Å². The van der Waals surface area contributed by atoms with Crippen molar-refractivity contribution in [3.63, 3.8) is 0 Å². The highest BCUT2D eigenvalue weighted by molar-refractivity contribution is 7.88. The summed E-state index contributed by atoms with van der Waals surface area (Å²) in [6.07, 6.45) is 7.90. The minimum absolute atomic E-state index is 0.0880. The molecule has 4 nitrogen and oxygen atoms in total. The number of sulfonamides is 1. The maximum Gasteiger partial charge on any atom is 0.208 e. The first kappa shape index (κ1) is 18.2. The number of hydrogen-bond donors (Lipinski definition) is 2. The summed E-state index contributed by atoms with van der Waals surface area (Å²) in [7, 11) is -3.13. The normalized spacial score (nSPS) is 30.8. The predicted octanol–water partition coefficient (Wildman–Crippen LogP) is 3.28. The molecule has 2 N–H and O–H groups in total. The van der Waals surface area contributed by atoms with E-state index in [1.54, 1.807) is 0 Å². The third kappa shape index (κ3) is 4.94. The van der Waals surface area contributed by atoms with Gasteiger partial charge in [0, 0.05) is 17.1 Å². The van der Waals surface area contributed by atoms with Crippen LogP contribution in [0.25, 0.3) is 0 Å². The molecule has 2 atom stereocenters. The second-order valence-corrected chi connectivity index (χ2v) is 9.59. The van der Waals surface area contributed by atoms with Gasteiger partial charge in [0.05, 0.1) is 6.26 Å². The van der Waals surface area contributed by atoms with Crippen LogP contribution in [0.3, 0.4) is 0 Å². The highest BCUT2D eigenvalue weighted by atomic mass is 35.5. The van der Waals surface area contributed by atoms with E-state index >= 15 is 0 Å². The molecule has 1 aromatic rings. The topological polar surface area (TPSA) is 58.2 Å². The van der Waals surface area contributed by atoms with Crippen LogP contribution < -0.4 is 10.0 Å². The first-order valence-corrected chi connectivity index (χ1v) is 11.1. The first-order valence-electron chi connectivity index (χ1n) is 8.87. The van der Waals surface area contributed by atoms with E-state index in [9.17, 15) is 8.42 Å². The van der Waals surface area contributed by atoms with Crippen LogP contribution in [0, 0.1) is 5.92 Å². The fraction of sp³-hybridized carbons (Fsp3) is 0.667. The molecule has 0 radical (unpaired) electrons. The van der Waals surface area contributed by atoms with Gasteiger partial charge in [-0.05, 0) is 61.8 Å². The summed E-state index contributed by atoms with van der Waals surface area (Å²) < 4.78 is 25.9. The zero-order valence-corrected chi connectivity index (χ0v) is 15.7. The largest absolute Gasteiger partial charge is 0.314 e. The van der Waals surface area contributed by atoms with Crippen LogP contribution in [-0.4, -0.2) is 33.3 Å². The van der Waals surface area contributed by atoms with E-state index in [0.29, 0.717) is 17.9 Å². The highest BCUT2D eigenvalue weighted by Crippen LogP contribution is 2.38. The maximum absolute atomic E-state index is 11.5. The van der Waals surface area contributed by atoms with Crippen molar-refractivity contribution < 1.29 is 8.42 Å². The van der Waals surface area contributed by atoms with Crippen LogP contribution in [0.15, 0.2) is 24.3 Å². The molecule has 3 rings (SSSR count). The van der Waals surface area contributed by atoms with Crippen molar-refractivity contribution in [1.29, 1.82) is 0 Å². The molecule has 0 bridgehead atoms. The third-order valence-electron chi connectivity index (χ3n) is 5.40. The van der Waals surface area contributed by atoms with Gasteiger partial charge in [-0.15, -0.1) is 0 Å². The average Bonchev–Trinajstić information content (AvgIpc) is 2.46. The molecule has 0 aliphatic heterocycles. The third-order valence-corrected chi connectivity index (χ3v) is 6.37. The predicted molar refractivity (Wildman–Crippen MR) is 98.9 cm³/mol. The first-order chi connectivity index (χ1) is 11.4. The molecule has 0 saturated heterocycles. The van der Waals surface area contributed by atoms with Gasteiger partial charge in [0.1, 0.15) is 0 Å². The minimum Gasteiger partial charge on any atom is -0.314 e. The van der Waals surface area contributed by atoms with Gasteiger partial charge in [0.2, 0.25) is 10.0 Å². The van der Waals surface area contributed by atoms with Gasteiger partial charge < -0.3 is 5.32 Å². The molecular formula is C18H27ClN2O2S. The van der Waals surface area contributed by atoms with Crippen LogP contribution in [0.1, 0.15) is 50.0 Å². The lowest BCUT2D eigenvalue weighted by molar-refractivity contribution is 0.232. The molecule has 134 valence electrons. The lowest BCUT2D eigenvalue weighted by Gasteiger charge is -2.39. The number of hydrogen-bond acceptors (Lipinski definition) is 3. The van der Waals surface area contributed by atoms with Crippen molar-refractivity contribution in [3.8, 4) is 0 Å². The SMILES string of the molecule is CS(=O)(=O)NC1CCCCC1CNC1CC(c2cccc(Cl)c2)C1. The van der Waals surface area contributed by atoms with Crippen molar-refractivity contribution in [2.24, 2.45) is 5.92 Å². The Hall–Kier alpha value is -0.620. The minimum atomic E-state index is -3.13. The molecule has 0 aromatic heterocycles. The van der Waals surface area contributed by atoms with Crippen molar-refractivity contribution in [3.05, 3.63) is 34.9 Å². The quantitative estimate of drug-likeness (QED) is 0.807. The molecule has 6 heteroatoms. The van der Waals surface area contributed by atoms with Crippen LogP contribution in [-0.2, 0) is 10.0 Å². The smallest absolute Gasteiger partial charge is 0.208 e. The maximum atomic E-state index is 11.5. The lowest BCUT2D eigenvalue weighted by atomic mass is 9.75. The molecule has 0 amide bonds. The van der Waals surface area contributed by atoms with Gasteiger partial charge in [-0.25, -0.2) is 13.1 Å². The average molecular weight is 371 g/mol. The standard InChI is InChI=1S/C18H27ClN2O2S/c1-24(22,23)21-18-8-3-2-5-14(18)12-20-17-10-15(11-17)13-6-4-7-16(19)9-13/h4,6-7,9,14-15,17-18,20-21H,2-3,5,8,10-12H2,1H3. The number of rotatable bonds is 6. The zero-order valence-electron chi connectivity index (χ0n) is 14.2. The van der Waals surface area contributed by atoms with E-state index in [1.165, 1.54) is 18.2 Å². The van der Waals surface area contributed by atoms with E-state index in [1.807, 2.05) is 12.1 Å². The fourth-order valence-corrected chi connectivity index (χ4v) is 5.08. The monoisotopic (exact) mass is 370 g/mol. The summed E-state index contributed by atoms with van der Waals surface area (Å²) in [4.78, 5) is 0. The number of nitrogens with one attached hydrogen (secondary N) is 2. The Balaban J connectivity index is 1.46. The van der Waals surface area contributed by atoms with Gasteiger partial charge >= 0.3 is 0 Å². The molecule has 2 fully saturated rings. The van der Waals surface area contributed by atoms with Crippen molar-refractivity contribution >= 4 is 21.6 Å². The molecule has 24 heavy (non-hydrogen) atoms. The Labute approximate surface area is 150 Å². The van der Waals surface area contributed by atoms with Gasteiger partial charge in [0.15, 0.2) is 0 Å². The van der Waals surface area contributed by atoms with Crippen LogP contribution >= 0.6 is 11.6 Å². The molecule has 0 spiro atoms. The summed E-state index contributed by atoms with van der Waals surface area (Å²) in [5.41, 5.74) is 1.33. The van der Waals surface area contributed by atoms with E-state index in [-0.39, 0.29) is 6.04 Å². The molecule has 2 saturated carbocycles. The molecule has 1 aromatic carbocycles. The van der Waals surface area contributed by atoms with Crippen LogP contribution in [0.5, 0.6) is 0 Å². The second kappa shape index (κ2) is 7.73. The Morgan fingerprint density at radius 2 is 1.96 bits per heavy atom. The van der Waals surface area contributed by atoms with Crippen LogP contribution in [0.2, 0.25) is 5.02 Å². The Kier molecular flexibility index (Phi) is 5.85. The molecule has 2 aliphatic carbocycles. The van der Waals surface area contributed by atoms with Gasteiger partial charge in [-0.2, -0.15) is 0 Å². The Bertz CT molecular complexity index is 659. The molecular weight excluding hydrogens is 344 g/mol. The number of halogens is 1. The summed E-state index contributed by atoms with van der Waals surface area (Å²) in [5.74, 6) is 0.996. The summed E-state index contributed by atoms with van der Waals surface area (Å²) >= 11 is 6.07. The second-order valence-electron chi connectivity index (χ2n) is 7.37. The summed E-state index contributed by atoms with van der Waals surface area (Å²) in [6, 6.07) is 8.77. The van der Waals surface area contributed by atoms with Gasteiger partial charge in [0.25, 0.3) is 0 Å². The van der Waals surface area contributed by atoms with E-state index < -0.39 is 10.0 Å². The Morgan fingerprint density at radius 1 is 1.21 bits per heavy atom. The van der Waals surface area contributed by atoms with Crippen molar-refractivity contribution in [2.75, 3.05) is 12.8 Å².